The molecule has 1 N–H and O–H groups in total. The zero-order chi connectivity index (χ0) is 13.8. The van der Waals surface area contributed by atoms with Crippen molar-refractivity contribution in [2.24, 2.45) is 5.92 Å². The van der Waals surface area contributed by atoms with Crippen molar-refractivity contribution in [2.45, 2.75) is 32.4 Å². The number of nitro groups is 1. The SMILES string of the molecule is C[C@@H](O)[C@H]1CCCN(Cc2ccc([N+](=O)[O-])cc2)C1. The molecule has 1 aromatic rings. The Morgan fingerprint density at radius 3 is 2.74 bits per heavy atom. The van der Waals surface area contributed by atoms with Crippen molar-refractivity contribution >= 4 is 5.69 Å². The lowest BCUT2D eigenvalue weighted by Gasteiger charge is -2.34. The Kier molecular flexibility index (Phi) is 4.50. The van der Waals surface area contributed by atoms with Gasteiger partial charge in [0.15, 0.2) is 0 Å². The first-order chi connectivity index (χ1) is 9.06. The Hall–Kier alpha value is -1.46. The van der Waals surface area contributed by atoms with E-state index in [0.29, 0.717) is 5.92 Å². The highest BCUT2D eigenvalue weighted by Gasteiger charge is 2.23. The van der Waals surface area contributed by atoms with Crippen LogP contribution in [-0.2, 0) is 6.54 Å². The third kappa shape index (κ3) is 3.75. The van der Waals surface area contributed by atoms with Gasteiger partial charge in [-0.25, -0.2) is 0 Å². The number of hydrogen-bond acceptors (Lipinski definition) is 4. The third-order valence-electron chi connectivity index (χ3n) is 3.78. The summed E-state index contributed by atoms with van der Waals surface area (Å²) in [6.07, 6.45) is 1.91. The van der Waals surface area contributed by atoms with E-state index >= 15 is 0 Å². The van der Waals surface area contributed by atoms with Crippen molar-refractivity contribution in [3.63, 3.8) is 0 Å². The highest BCUT2D eigenvalue weighted by Crippen LogP contribution is 2.22. The van der Waals surface area contributed by atoms with E-state index in [2.05, 4.69) is 4.90 Å². The van der Waals surface area contributed by atoms with E-state index in [1.165, 1.54) is 0 Å². The van der Waals surface area contributed by atoms with Crippen LogP contribution in [0.2, 0.25) is 0 Å². The molecule has 1 aliphatic rings. The molecule has 0 unspecified atom stereocenters. The maximum atomic E-state index is 10.6. The number of piperidine rings is 1. The molecule has 1 heterocycles. The van der Waals surface area contributed by atoms with E-state index in [4.69, 9.17) is 0 Å². The predicted octanol–water partition coefficient (Wildman–Crippen LogP) is 2.19. The molecule has 2 atom stereocenters. The van der Waals surface area contributed by atoms with E-state index in [9.17, 15) is 15.2 Å². The van der Waals surface area contributed by atoms with Gasteiger partial charge in [-0.15, -0.1) is 0 Å². The zero-order valence-electron chi connectivity index (χ0n) is 11.2. The molecule has 1 aliphatic heterocycles. The first-order valence-electron chi connectivity index (χ1n) is 6.70. The molecule has 0 spiro atoms. The topological polar surface area (TPSA) is 66.6 Å². The largest absolute Gasteiger partial charge is 0.393 e. The fourth-order valence-electron chi connectivity index (χ4n) is 2.61. The normalized spacial score (nSPS) is 22.1. The Morgan fingerprint density at radius 2 is 2.16 bits per heavy atom. The summed E-state index contributed by atoms with van der Waals surface area (Å²) in [4.78, 5) is 12.5. The lowest BCUT2D eigenvalue weighted by atomic mass is 9.93. The highest BCUT2D eigenvalue weighted by molar-refractivity contribution is 5.32. The number of aliphatic hydroxyl groups excluding tert-OH is 1. The van der Waals surface area contributed by atoms with Crippen LogP contribution in [0, 0.1) is 16.0 Å². The summed E-state index contributed by atoms with van der Waals surface area (Å²) in [5.74, 6) is 0.340. The maximum Gasteiger partial charge on any atom is 0.269 e. The van der Waals surface area contributed by atoms with Gasteiger partial charge in [0, 0.05) is 25.2 Å². The lowest BCUT2D eigenvalue weighted by Crippen LogP contribution is -2.38. The van der Waals surface area contributed by atoms with Crippen LogP contribution in [0.4, 0.5) is 5.69 Å². The van der Waals surface area contributed by atoms with Gasteiger partial charge >= 0.3 is 0 Å². The van der Waals surface area contributed by atoms with Gasteiger partial charge in [0.1, 0.15) is 0 Å². The second-order valence-corrected chi connectivity index (χ2v) is 5.30. The average Bonchev–Trinajstić information content (AvgIpc) is 2.39. The third-order valence-corrected chi connectivity index (χ3v) is 3.78. The second-order valence-electron chi connectivity index (χ2n) is 5.30. The minimum atomic E-state index is -0.381. The summed E-state index contributed by atoms with van der Waals surface area (Å²) in [6.45, 7) is 4.57. The summed E-state index contributed by atoms with van der Waals surface area (Å²) in [6, 6.07) is 6.71. The van der Waals surface area contributed by atoms with Crippen molar-refractivity contribution in [1.82, 2.24) is 4.90 Å². The van der Waals surface area contributed by atoms with Crippen LogP contribution in [0.3, 0.4) is 0 Å². The molecule has 5 heteroatoms. The molecule has 0 aliphatic carbocycles. The Labute approximate surface area is 113 Å². The molecule has 104 valence electrons. The minimum absolute atomic E-state index is 0.129. The quantitative estimate of drug-likeness (QED) is 0.668. The highest BCUT2D eigenvalue weighted by atomic mass is 16.6. The molecule has 0 bridgehead atoms. The van der Waals surface area contributed by atoms with Gasteiger partial charge in [-0.1, -0.05) is 12.1 Å². The molecule has 1 fully saturated rings. The van der Waals surface area contributed by atoms with Crippen LogP contribution in [-0.4, -0.2) is 34.1 Å². The van der Waals surface area contributed by atoms with Gasteiger partial charge in [0.25, 0.3) is 5.69 Å². The number of benzene rings is 1. The van der Waals surface area contributed by atoms with Crippen molar-refractivity contribution in [2.75, 3.05) is 13.1 Å². The summed E-state index contributed by atoms with van der Waals surface area (Å²) in [7, 11) is 0. The number of nitrogens with zero attached hydrogens (tertiary/aromatic N) is 2. The van der Waals surface area contributed by atoms with Crippen molar-refractivity contribution in [1.29, 1.82) is 0 Å². The summed E-state index contributed by atoms with van der Waals surface area (Å²) in [5, 5.41) is 20.2. The smallest absolute Gasteiger partial charge is 0.269 e. The number of nitro benzene ring substituents is 1. The molecule has 5 nitrogen and oxygen atoms in total. The van der Waals surface area contributed by atoms with Gasteiger partial charge in [-0.05, 0) is 37.8 Å². The number of hydrogen-bond donors (Lipinski definition) is 1. The Balaban J connectivity index is 1.95. The van der Waals surface area contributed by atoms with Gasteiger partial charge in [0.2, 0.25) is 0 Å². The first kappa shape index (κ1) is 14.0. The Bertz CT molecular complexity index is 431. The first-order valence-corrected chi connectivity index (χ1v) is 6.70. The molecule has 0 radical (unpaired) electrons. The zero-order valence-corrected chi connectivity index (χ0v) is 11.2. The van der Waals surface area contributed by atoms with Gasteiger partial charge in [-0.3, -0.25) is 15.0 Å². The van der Waals surface area contributed by atoms with Crippen LogP contribution in [0.25, 0.3) is 0 Å². The fourth-order valence-corrected chi connectivity index (χ4v) is 2.61. The van der Waals surface area contributed by atoms with Crippen molar-refractivity contribution < 1.29 is 10.0 Å². The van der Waals surface area contributed by atoms with Crippen LogP contribution in [0.1, 0.15) is 25.3 Å². The van der Waals surface area contributed by atoms with E-state index in [0.717, 1.165) is 38.0 Å². The minimum Gasteiger partial charge on any atom is -0.393 e. The molecule has 19 heavy (non-hydrogen) atoms. The monoisotopic (exact) mass is 264 g/mol. The van der Waals surface area contributed by atoms with Crippen LogP contribution in [0.15, 0.2) is 24.3 Å². The van der Waals surface area contributed by atoms with Gasteiger partial charge < -0.3 is 5.11 Å². The second kappa shape index (κ2) is 6.12. The van der Waals surface area contributed by atoms with E-state index in [1.807, 2.05) is 19.1 Å². The molecular weight excluding hydrogens is 244 g/mol. The molecular formula is C14H20N2O3. The molecule has 0 saturated carbocycles. The lowest BCUT2D eigenvalue weighted by molar-refractivity contribution is -0.384. The van der Waals surface area contributed by atoms with Gasteiger partial charge in [0.05, 0.1) is 11.0 Å². The Morgan fingerprint density at radius 1 is 1.47 bits per heavy atom. The number of rotatable bonds is 4. The van der Waals surface area contributed by atoms with Crippen LogP contribution >= 0.6 is 0 Å². The molecule has 2 rings (SSSR count). The molecule has 1 saturated heterocycles. The van der Waals surface area contributed by atoms with Crippen LogP contribution < -0.4 is 0 Å². The van der Waals surface area contributed by atoms with Crippen molar-refractivity contribution in [3.05, 3.63) is 39.9 Å². The number of likely N-dealkylation sites (tertiary alicyclic amines) is 1. The summed E-state index contributed by atoms with van der Waals surface area (Å²) in [5.41, 5.74) is 1.21. The summed E-state index contributed by atoms with van der Waals surface area (Å²) < 4.78 is 0. The number of aliphatic hydroxyl groups is 1. The predicted molar refractivity (Wildman–Crippen MR) is 72.8 cm³/mol. The molecule has 0 aromatic heterocycles. The average molecular weight is 264 g/mol. The maximum absolute atomic E-state index is 10.6. The fraction of sp³-hybridized carbons (Fsp3) is 0.571. The van der Waals surface area contributed by atoms with Crippen molar-refractivity contribution in [3.8, 4) is 0 Å². The molecule has 0 amide bonds. The van der Waals surface area contributed by atoms with E-state index in [-0.39, 0.29) is 16.7 Å². The van der Waals surface area contributed by atoms with E-state index < -0.39 is 0 Å². The molecule has 1 aromatic carbocycles. The standard InChI is InChI=1S/C14H20N2O3/c1-11(17)13-3-2-8-15(10-13)9-12-4-6-14(7-5-12)16(18)19/h4-7,11,13,17H,2-3,8-10H2,1H3/t11-,13+/m1/s1. The van der Waals surface area contributed by atoms with E-state index in [1.54, 1.807) is 12.1 Å². The van der Waals surface area contributed by atoms with Crippen LogP contribution in [0.5, 0.6) is 0 Å². The number of non-ortho nitro benzene ring substituents is 1. The van der Waals surface area contributed by atoms with Gasteiger partial charge in [-0.2, -0.15) is 0 Å². The summed E-state index contributed by atoms with van der Waals surface area (Å²) >= 11 is 0.